The van der Waals surface area contributed by atoms with E-state index in [1.165, 1.54) is 13.4 Å². The monoisotopic (exact) mass is 241 g/mol. The molecular formula is C7H8ClN7O. The molecule has 0 radical (unpaired) electrons. The molecule has 84 valence electrons. The van der Waals surface area contributed by atoms with Gasteiger partial charge >= 0.3 is 6.01 Å². The van der Waals surface area contributed by atoms with Gasteiger partial charge in [0.25, 0.3) is 0 Å². The van der Waals surface area contributed by atoms with Crippen molar-refractivity contribution in [3.8, 4) is 6.01 Å². The van der Waals surface area contributed by atoms with E-state index in [0.29, 0.717) is 18.3 Å². The summed E-state index contributed by atoms with van der Waals surface area (Å²) in [7, 11) is 1.45. The van der Waals surface area contributed by atoms with Gasteiger partial charge in [-0.1, -0.05) is 0 Å². The number of hydrogen-bond donors (Lipinski definition) is 2. The molecule has 0 aliphatic heterocycles. The van der Waals surface area contributed by atoms with Crippen LogP contribution >= 0.6 is 11.6 Å². The zero-order chi connectivity index (χ0) is 11.4. The molecule has 2 rings (SSSR count). The van der Waals surface area contributed by atoms with Gasteiger partial charge in [0.15, 0.2) is 0 Å². The summed E-state index contributed by atoms with van der Waals surface area (Å²) >= 11 is 5.67. The molecule has 0 aliphatic rings. The molecule has 0 atom stereocenters. The number of H-pyrrole nitrogens is 1. The van der Waals surface area contributed by atoms with E-state index in [1.54, 1.807) is 0 Å². The minimum absolute atomic E-state index is 0.0620. The van der Waals surface area contributed by atoms with Crippen LogP contribution in [0.5, 0.6) is 6.01 Å². The Balaban J connectivity index is 2.06. The van der Waals surface area contributed by atoms with E-state index in [9.17, 15) is 0 Å². The van der Waals surface area contributed by atoms with E-state index < -0.39 is 0 Å². The molecule has 0 unspecified atom stereocenters. The van der Waals surface area contributed by atoms with Gasteiger partial charge in [-0.2, -0.15) is 20.1 Å². The van der Waals surface area contributed by atoms with Crippen molar-refractivity contribution >= 4 is 17.5 Å². The van der Waals surface area contributed by atoms with Crippen molar-refractivity contribution < 1.29 is 4.74 Å². The van der Waals surface area contributed by atoms with Crippen molar-refractivity contribution in [3.63, 3.8) is 0 Å². The summed E-state index contributed by atoms with van der Waals surface area (Å²) in [5.74, 6) is 0.976. The SMILES string of the molecule is COc1nc(Cl)nc(NCc2ncn[nH]2)n1. The molecule has 0 spiro atoms. The maximum Gasteiger partial charge on any atom is 0.322 e. The molecule has 0 amide bonds. The lowest BCUT2D eigenvalue weighted by molar-refractivity contribution is 0.379. The van der Waals surface area contributed by atoms with E-state index in [4.69, 9.17) is 16.3 Å². The Morgan fingerprint density at radius 3 is 3.00 bits per heavy atom. The van der Waals surface area contributed by atoms with Gasteiger partial charge in [0.1, 0.15) is 12.2 Å². The lowest BCUT2D eigenvalue weighted by Gasteiger charge is -2.03. The highest BCUT2D eigenvalue weighted by Crippen LogP contribution is 2.10. The van der Waals surface area contributed by atoms with Gasteiger partial charge < -0.3 is 10.1 Å². The van der Waals surface area contributed by atoms with Crippen LogP contribution in [0.3, 0.4) is 0 Å². The van der Waals surface area contributed by atoms with Crippen molar-refractivity contribution in [1.29, 1.82) is 0 Å². The number of nitrogens with one attached hydrogen (secondary N) is 2. The molecule has 8 nitrogen and oxygen atoms in total. The Kier molecular flexibility index (Phi) is 3.10. The van der Waals surface area contributed by atoms with Crippen LogP contribution in [0.15, 0.2) is 6.33 Å². The van der Waals surface area contributed by atoms with Crippen molar-refractivity contribution in [2.45, 2.75) is 6.54 Å². The van der Waals surface area contributed by atoms with Crippen LogP contribution in [0.4, 0.5) is 5.95 Å². The number of ether oxygens (including phenoxy) is 1. The molecule has 0 bridgehead atoms. The van der Waals surface area contributed by atoms with Gasteiger partial charge in [0.05, 0.1) is 13.7 Å². The Morgan fingerprint density at radius 2 is 2.31 bits per heavy atom. The van der Waals surface area contributed by atoms with E-state index >= 15 is 0 Å². The normalized spacial score (nSPS) is 10.1. The first-order valence-electron chi connectivity index (χ1n) is 4.31. The lowest BCUT2D eigenvalue weighted by atomic mass is 10.6. The number of methoxy groups -OCH3 is 1. The molecular weight excluding hydrogens is 234 g/mol. The number of halogens is 1. The van der Waals surface area contributed by atoms with E-state index in [1.807, 2.05) is 0 Å². The first-order valence-corrected chi connectivity index (χ1v) is 4.69. The van der Waals surface area contributed by atoms with E-state index in [0.717, 1.165) is 0 Å². The van der Waals surface area contributed by atoms with Crippen LogP contribution in [-0.4, -0.2) is 37.2 Å². The first kappa shape index (κ1) is 10.6. The van der Waals surface area contributed by atoms with Crippen LogP contribution in [-0.2, 0) is 6.54 Å². The largest absolute Gasteiger partial charge is 0.467 e. The highest BCUT2D eigenvalue weighted by Gasteiger charge is 2.05. The van der Waals surface area contributed by atoms with Crippen molar-refractivity contribution in [2.24, 2.45) is 0 Å². The van der Waals surface area contributed by atoms with Gasteiger partial charge in [0.2, 0.25) is 11.2 Å². The molecule has 16 heavy (non-hydrogen) atoms. The number of aromatic nitrogens is 6. The van der Waals surface area contributed by atoms with E-state index in [2.05, 4.69) is 35.5 Å². The molecule has 2 N–H and O–H groups in total. The first-order chi connectivity index (χ1) is 7.78. The summed E-state index contributed by atoms with van der Waals surface area (Å²) in [4.78, 5) is 15.5. The molecule has 2 aromatic heterocycles. The van der Waals surface area contributed by atoms with Crippen LogP contribution in [0.2, 0.25) is 5.28 Å². The number of aromatic amines is 1. The van der Waals surface area contributed by atoms with Gasteiger partial charge in [-0.15, -0.1) is 0 Å². The minimum Gasteiger partial charge on any atom is -0.467 e. The van der Waals surface area contributed by atoms with Crippen molar-refractivity contribution in [1.82, 2.24) is 30.1 Å². The van der Waals surface area contributed by atoms with Gasteiger partial charge in [-0.3, -0.25) is 5.10 Å². The summed E-state index contributed by atoms with van der Waals surface area (Å²) < 4.78 is 4.85. The standard InChI is InChI=1S/C7H8ClN7O/c1-16-7-13-5(8)12-6(14-7)9-2-4-10-3-11-15-4/h3H,2H2,1H3,(H,10,11,15)(H,9,12,13,14). The molecule has 0 saturated heterocycles. The fraction of sp³-hybridized carbons (Fsp3) is 0.286. The van der Waals surface area contributed by atoms with Crippen LogP contribution in [0.1, 0.15) is 5.82 Å². The Hall–Kier alpha value is -1.96. The predicted octanol–water partition coefficient (Wildman–Crippen LogP) is 0.264. The average molecular weight is 242 g/mol. The molecule has 0 aliphatic carbocycles. The smallest absolute Gasteiger partial charge is 0.322 e. The topological polar surface area (TPSA) is 102 Å². The maximum atomic E-state index is 5.67. The Morgan fingerprint density at radius 1 is 1.44 bits per heavy atom. The fourth-order valence-corrected chi connectivity index (χ4v) is 1.13. The number of rotatable bonds is 4. The molecule has 0 aromatic carbocycles. The summed E-state index contributed by atoms with van der Waals surface area (Å²) in [6, 6.07) is 0.153. The zero-order valence-corrected chi connectivity index (χ0v) is 9.06. The minimum atomic E-state index is 0.0620. The maximum absolute atomic E-state index is 5.67. The van der Waals surface area contributed by atoms with Crippen LogP contribution in [0.25, 0.3) is 0 Å². The second-order valence-corrected chi connectivity index (χ2v) is 3.04. The van der Waals surface area contributed by atoms with Crippen LogP contribution < -0.4 is 10.1 Å². The van der Waals surface area contributed by atoms with Gasteiger partial charge in [0, 0.05) is 0 Å². The molecule has 2 heterocycles. The molecule has 0 fully saturated rings. The molecule has 2 aromatic rings. The second-order valence-electron chi connectivity index (χ2n) is 2.70. The van der Waals surface area contributed by atoms with Crippen LogP contribution in [0, 0.1) is 0 Å². The third-order valence-electron chi connectivity index (χ3n) is 1.65. The average Bonchev–Trinajstić information content (AvgIpc) is 2.78. The van der Waals surface area contributed by atoms with Crippen molar-refractivity contribution in [2.75, 3.05) is 12.4 Å². The molecule has 9 heteroatoms. The zero-order valence-electron chi connectivity index (χ0n) is 8.31. The summed E-state index contributed by atoms with van der Waals surface area (Å²) in [5.41, 5.74) is 0. The third kappa shape index (κ3) is 2.54. The predicted molar refractivity (Wildman–Crippen MR) is 55.1 cm³/mol. The fourth-order valence-electron chi connectivity index (χ4n) is 0.981. The second kappa shape index (κ2) is 4.71. The van der Waals surface area contributed by atoms with Gasteiger partial charge in [-0.25, -0.2) is 4.98 Å². The Bertz CT molecular complexity index is 460. The molecule has 0 saturated carbocycles. The van der Waals surface area contributed by atoms with Gasteiger partial charge in [-0.05, 0) is 11.6 Å². The highest BCUT2D eigenvalue weighted by atomic mass is 35.5. The van der Waals surface area contributed by atoms with Crippen molar-refractivity contribution in [3.05, 3.63) is 17.4 Å². The number of hydrogen-bond acceptors (Lipinski definition) is 7. The summed E-state index contributed by atoms with van der Waals surface area (Å²) in [6.07, 6.45) is 1.41. The quantitative estimate of drug-likeness (QED) is 0.792. The lowest BCUT2D eigenvalue weighted by Crippen LogP contribution is -2.07. The summed E-state index contributed by atoms with van der Waals surface area (Å²) in [6.45, 7) is 0.406. The highest BCUT2D eigenvalue weighted by molar-refractivity contribution is 6.28. The third-order valence-corrected chi connectivity index (χ3v) is 1.82. The Labute approximate surface area is 95.5 Å². The summed E-state index contributed by atoms with van der Waals surface area (Å²) in [5, 5.41) is 9.36. The van der Waals surface area contributed by atoms with E-state index in [-0.39, 0.29) is 11.3 Å². The number of anilines is 1. The number of nitrogens with zero attached hydrogens (tertiary/aromatic N) is 5.